The molecular formula is C16H19N5. The maximum atomic E-state index is 7.94. The van der Waals surface area contributed by atoms with Gasteiger partial charge in [0.15, 0.2) is 0 Å². The molecule has 0 bridgehead atoms. The minimum absolute atomic E-state index is 0.327. The molecule has 108 valence electrons. The van der Waals surface area contributed by atoms with Gasteiger partial charge in [0.2, 0.25) is 5.78 Å². The summed E-state index contributed by atoms with van der Waals surface area (Å²) in [6.07, 6.45) is 3.36. The number of aromatic nitrogens is 3. The number of imidazole rings is 2. The molecule has 1 aromatic carbocycles. The van der Waals surface area contributed by atoms with Crippen molar-refractivity contribution in [3.05, 3.63) is 42.4 Å². The number of rotatable bonds is 1. The second-order valence-electron chi connectivity index (χ2n) is 5.43. The van der Waals surface area contributed by atoms with Crippen molar-refractivity contribution < 1.29 is 4.11 Å². The van der Waals surface area contributed by atoms with E-state index in [-0.39, 0.29) is 6.17 Å². The SMILES string of the molecule is [2H]C([2H])([2H])N1c2ccccc2N(c2c(C)n3ccnc3n2C)[C@H]1C. The summed E-state index contributed by atoms with van der Waals surface area (Å²) in [6.45, 7) is 1.74. The molecule has 1 aliphatic rings. The van der Waals surface area contributed by atoms with Gasteiger partial charge in [0.25, 0.3) is 0 Å². The third kappa shape index (κ3) is 1.43. The largest absolute Gasteiger partial charge is 0.352 e. The maximum absolute atomic E-state index is 7.94. The van der Waals surface area contributed by atoms with Crippen LogP contribution in [0.5, 0.6) is 0 Å². The molecule has 0 spiro atoms. The summed E-state index contributed by atoms with van der Waals surface area (Å²) in [4.78, 5) is 7.97. The number of hydrogen-bond donors (Lipinski definition) is 0. The predicted octanol–water partition coefficient (Wildman–Crippen LogP) is 2.92. The lowest BCUT2D eigenvalue weighted by atomic mass is 10.2. The highest BCUT2D eigenvalue weighted by molar-refractivity contribution is 5.83. The van der Waals surface area contributed by atoms with Crippen molar-refractivity contribution in [3.63, 3.8) is 0 Å². The third-order valence-electron chi connectivity index (χ3n) is 4.30. The first kappa shape index (κ1) is 9.50. The predicted molar refractivity (Wildman–Crippen MR) is 85.3 cm³/mol. The summed E-state index contributed by atoms with van der Waals surface area (Å²) in [5, 5.41) is 0. The van der Waals surface area contributed by atoms with Gasteiger partial charge in [0.05, 0.1) is 17.1 Å². The van der Waals surface area contributed by atoms with Gasteiger partial charge >= 0.3 is 0 Å². The van der Waals surface area contributed by atoms with Crippen LogP contribution in [0, 0.1) is 6.92 Å². The van der Waals surface area contributed by atoms with Crippen molar-refractivity contribution in [3.8, 4) is 0 Å². The molecule has 5 nitrogen and oxygen atoms in total. The van der Waals surface area contributed by atoms with Crippen LogP contribution in [-0.4, -0.2) is 27.1 Å². The molecule has 0 unspecified atom stereocenters. The average molecular weight is 284 g/mol. The molecule has 21 heavy (non-hydrogen) atoms. The van der Waals surface area contributed by atoms with Gasteiger partial charge in [-0.05, 0) is 26.0 Å². The van der Waals surface area contributed by atoms with Crippen LogP contribution in [-0.2, 0) is 7.05 Å². The zero-order valence-corrected chi connectivity index (χ0v) is 12.3. The van der Waals surface area contributed by atoms with Gasteiger partial charge in [-0.15, -0.1) is 0 Å². The number of fused-ring (bicyclic) bond motifs is 2. The van der Waals surface area contributed by atoms with Gasteiger partial charge in [-0.25, -0.2) is 4.98 Å². The van der Waals surface area contributed by atoms with E-state index >= 15 is 0 Å². The number of aryl methyl sites for hydroxylation is 2. The lowest BCUT2D eigenvalue weighted by Crippen LogP contribution is -2.36. The van der Waals surface area contributed by atoms with E-state index in [1.165, 1.54) is 4.90 Å². The van der Waals surface area contributed by atoms with Gasteiger partial charge in [-0.3, -0.25) is 8.97 Å². The number of para-hydroxylation sites is 2. The van der Waals surface area contributed by atoms with Gasteiger partial charge in [-0.1, -0.05) is 12.1 Å². The van der Waals surface area contributed by atoms with Crippen LogP contribution < -0.4 is 9.80 Å². The molecule has 5 heteroatoms. The van der Waals surface area contributed by atoms with E-state index in [9.17, 15) is 0 Å². The topological polar surface area (TPSA) is 28.7 Å². The number of hydrogen-bond acceptors (Lipinski definition) is 3. The van der Waals surface area contributed by atoms with E-state index in [1.54, 1.807) is 6.20 Å². The molecule has 0 saturated carbocycles. The molecule has 0 radical (unpaired) electrons. The van der Waals surface area contributed by atoms with Crippen molar-refractivity contribution >= 4 is 23.0 Å². The molecule has 1 aliphatic heterocycles. The smallest absolute Gasteiger partial charge is 0.215 e. The second-order valence-corrected chi connectivity index (χ2v) is 5.43. The summed E-state index contributed by atoms with van der Waals surface area (Å²) in [5.74, 6) is 1.78. The Labute approximate surface area is 128 Å². The Hall–Kier alpha value is -2.43. The molecule has 0 amide bonds. The zero-order valence-electron chi connectivity index (χ0n) is 15.3. The van der Waals surface area contributed by atoms with Crippen LogP contribution in [0.4, 0.5) is 17.2 Å². The highest BCUT2D eigenvalue weighted by atomic mass is 15.4. The molecule has 4 rings (SSSR count). The van der Waals surface area contributed by atoms with Crippen molar-refractivity contribution in [1.82, 2.24) is 14.0 Å². The van der Waals surface area contributed by atoms with Crippen molar-refractivity contribution in [1.29, 1.82) is 0 Å². The first-order valence-corrected chi connectivity index (χ1v) is 6.98. The molecule has 0 saturated heterocycles. The zero-order chi connectivity index (χ0) is 17.2. The minimum Gasteiger partial charge on any atom is -0.352 e. The standard InChI is InChI=1S/C16H19N5/c1-11-15(19(4)16-17-9-10-20(11)16)21-12(2)18(3)13-7-5-6-8-14(13)21/h5-10,12H,1-4H3/t12-/m0/s1/i3D3. The van der Waals surface area contributed by atoms with E-state index in [4.69, 9.17) is 4.11 Å². The van der Waals surface area contributed by atoms with Crippen LogP contribution in [0.2, 0.25) is 0 Å². The van der Waals surface area contributed by atoms with E-state index in [2.05, 4.69) is 9.88 Å². The highest BCUT2D eigenvalue weighted by Gasteiger charge is 2.34. The van der Waals surface area contributed by atoms with Crippen LogP contribution >= 0.6 is 0 Å². The molecule has 3 aromatic rings. The van der Waals surface area contributed by atoms with E-state index < -0.39 is 6.98 Å². The Kier molecular flexibility index (Phi) is 1.83. The lowest BCUT2D eigenvalue weighted by molar-refractivity contribution is 0.712. The van der Waals surface area contributed by atoms with Crippen LogP contribution in [0.15, 0.2) is 36.7 Å². The normalized spacial score (nSPS) is 20.5. The summed E-state index contributed by atoms with van der Waals surface area (Å²) in [5.41, 5.74) is 2.65. The highest BCUT2D eigenvalue weighted by Crippen LogP contribution is 2.44. The first-order valence-electron chi connectivity index (χ1n) is 8.48. The molecule has 1 atom stereocenters. The van der Waals surface area contributed by atoms with Crippen molar-refractivity contribution in [2.75, 3.05) is 16.8 Å². The molecule has 2 aromatic heterocycles. The molecule has 0 N–H and O–H groups in total. The van der Waals surface area contributed by atoms with E-state index in [0.29, 0.717) is 0 Å². The van der Waals surface area contributed by atoms with Gasteiger partial charge in [0, 0.05) is 30.5 Å². The second kappa shape index (κ2) is 4.04. The molecule has 3 heterocycles. The summed E-state index contributed by atoms with van der Waals surface area (Å²) < 4.78 is 27.8. The van der Waals surface area contributed by atoms with Crippen molar-refractivity contribution in [2.45, 2.75) is 20.0 Å². The minimum atomic E-state index is -2.20. The van der Waals surface area contributed by atoms with Crippen LogP contribution in [0.1, 0.15) is 16.7 Å². The first-order chi connectivity index (χ1) is 11.3. The summed E-state index contributed by atoms with van der Waals surface area (Å²) in [6, 6.07) is 7.64. The summed E-state index contributed by atoms with van der Waals surface area (Å²) >= 11 is 0. The van der Waals surface area contributed by atoms with Crippen molar-refractivity contribution in [2.24, 2.45) is 7.05 Å². The Morgan fingerprint density at radius 1 is 1.24 bits per heavy atom. The lowest BCUT2D eigenvalue weighted by Gasteiger charge is -2.28. The van der Waals surface area contributed by atoms with E-state index in [0.717, 1.165) is 28.7 Å². The average Bonchev–Trinajstić information content (AvgIpc) is 3.14. The third-order valence-corrected chi connectivity index (χ3v) is 4.30. The fraction of sp³-hybridized carbons (Fsp3) is 0.312. The van der Waals surface area contributed by atoms with E-state index in [1.807, 2.05) is 60.3 Å². The van der Waals surface area contributed by atoms with Gasteiger partial charge < -0.3 is 9.80 Å². The van der Waals surface area contributed by atoms with Crippen LogP contribution in [0.25, 0.3) is 5.78 Å². The molecular weight excluding hydrogens is 262 g/mol. The number of anilines is 3. The number of nitrogens with zero attached hydrogens (tertiary/aromatic N) is 5. The number of benzene rings is 1. The Balaban J connectivity index is 1.97. The van der Waals surface area contributed by atoms with Crippen LogP contribution in [0.3, 0.4) is 0 Å². The maximum Gasteiger partial charge on any atom is 0.215 e. The van der Waals surface area contributed by atoms with Gasteiger partial charge in [-0.2, -0.15) is 0 Å². The Morgan fingerprint density at radius 3 is 2.71 bits per heavy atom. The molecule has 0 aliphatic carbocycles. The fourth-order valence-corrected chi connectivity index (χ4v) is 3.27. The quantitative estimate of drug-likeness (QED) is 0.688. The molecule has 0 fully saturated rings. The van der Waals surface area contributed by atoms with Gasteiger partial charge in [0.1, 0.15) is 12.0 Å². The Bertz CT molecular complexity index is 889. The summed E-state index contributed by atoms with van der Waals surface area (Å²) in [7, 11) is 1.96. The monoisotopic (exact) mass is 284 g/mol. The fourth-order valence-electron chi connectivity index (χ4n) is 3.27. The Morgan fingerprint density at radius 2 is 2.00 bits per heavy atom.